The zero-order chi connectivity index (χ0) is 18.7. The van der Waals surface area contributed by atoms with Gasteiger partial charge in [0.1, 0.15) is 11.6 Å². The van der Waals surface area contributed by atoms with Crippen LogP contribution in [0.5, 0.6) is 0 Å². The van der Waals surface area contributed by atoms with Crippen LogP contribution in [0.2, 0.25) is 0 Å². The number of hydrogen-bond donors (Lipinski definition) is 1. The molecule has 0 aliphatic carbocycles. The molecule has 5 heteroatoms. The molecule has 4 nitrogen and oxygen atoms in total. The molecule has 1 aliphatic rings. The molecule has 3 aromatic rings. The second-order valence-corrected chi connectivity index (χ2v) is 7.26. The summed E-state index contributed by atoms with van der Waals surface area (Å²) in [6, 6.07) is 16.5. The second-order valence-electron chi connectivity index (χ2n) is 7.26. The van der Waals surface area contributed by atoms with E-state index in [1.165, 1.54) is 12.1 Å². The van der Waals surface area contributed by atoms with E-state index in [9.17, 15) is 9.50 Å². The lowest BCUT2D eigenvalue weighted by atomic mass is 9.81. The predicted molar refractivity (Wildman–Crippen MR) is 104 cm³/mol. The number of anilines is 1. The number of benzene rings is 2. The summed E-state index contributed by atoms with van der Waals surface area (Å²) in [5.74, 6) is 0.587. The molecule has 1 N–H and O–H groups in total. The first-order valence-corrected chi connectivity index (χ1v) is 9.15. The lowest BCUT2D eigenvalue weighted by molar-refractivity contribution is 0.144. The molecule has 0 radical (unpaired) electrons. The average Bonchev–Trinajstić information content (AvgIpc) is 3.15. The van der Waals surface area contributed by atoms with E-state index in [4.69, 9.17) is 4.98 Å². The third-order valence-corrected chi connectivity index (χ3v) is 5.28. The van der Waals surface area contributed by atoms with Crippen LogP contribution in [0.3, 0.4) is 0 Å². The highest BCUT2D eigenvalue weighted by Gasteiger charge is 2.38. The molecule has 0 bridgehead atoms. The van der Waals surface area contributed by atoms with Gasteiger partial charge in [0.05, 0.1) is 24.7 Å². The molecule has 1 atom stereocenters. The molecule has 1 unspecified atom stereocenters. The van der Waals surface area contributed by atoms with Crippen LogP contribution >= 0.6 is 0 Å². The Labute approximate surface area is 158 Å². The summed E-state index contributed by atoms with van der Waals surface area (Å²) < 4.78 is 13.2. The first kappa shape index (κ1) is 17.6. The molecule has 27 heavy (non-hydrogen) atoms. The summed E-state index contributed by atoms with van der Waals surface area (Å²) in [7, 11) is 0. The fourth-order valence-corrected chi connectivity index (χ4v) is 3.75. The topological polar surface area (TPSA) is 49.2 Å². The van der Waals surface area contributed by atoms with E-state index < -0.39 is 0 Å². The fraction of sp³-hybridized carbons (Fsp3) is 0.273. The highest BCUT2D eigenvalue weighted by atomic mass is 19.1. The van der Waals surface area contributed by atoms with Crippen molar-refractivity contribution in [3.05, 3.63) is 78.4 Å². The zero-order valence-electron chi connectivity index (χ0n) is 15.1. The number of aromatic nitrogens is 2. The fourth-order valence-electron chi connectivity index (χ4n) is 3.75. The number of aliphatic hydroxyl groups excluding tert-OH is 1. The molecule has 1 aliphatic heterocycles. The Kier molecular flexibility index (Phi) is 4.86. The van der Waals surface area contributed by atoms with Crippen molar-refractivity contribution in [1.29, 1.82) is 0 Å². The first-order valence-electron chi connectivity index (χ1n) is 9.15. The Bertz CT molecular complexity index is 901. The number of hydrogen-bond acceptors (Lipinski definition) is 4. The number of nitrogens with zero attached hydrogens (tertiary/aromatic N) is 3. The van der Waals surface area contributed by atoms with E-state index in [2.05, 4.69) is 9.88 Å². The van der Waals surface area contributed by atoms with Crippen molar-refractivity contribution in [1.82, 2.24) is 9.97 Å². The van der Waals surface area contributed by atoms with Crippen molar-refractivity contribution in [2.24, 2.45) is 5.41 Å². The molecular formula is C22H22FN3O. The van der Waals surface area contributed by atoms with Crippen LogP contribution in [-0.4, -0.2) is 34.8 Å². The maximum Gasteiger partial charge on any atom is 0.147 e. The smallest absolute Gasteiger partial charge is 0.147 e. The summed E-state index contributed by atoms with van der Waals surface area (Å²) >= 11 is 0. The summed E-state index contributed by atoms with van der Waals surface area (Å²) in [5, 5.41) is 10.1. The van der Waals surface area contributed by atoms with Gasteiger partial charge in [0.25, 0.3) is 0 Å². The van der Waals surface area contributed by atoms with Crippen molar-refractivity contribution < 1.29 is 9.50 Å². The lowest BCUT2D eigenvalue weighted by Crippen LogP contribution is -2.33. The number of aliphatic hydroxyl groups is 1. The van der Waals surface area contributed by atoms with Gasteiger partial charge in [-0.3, -0.25) is 4.98 Å². The van der Waals surface area contributed by atoms with Crippen LogP contribution < -0.4 is 4.90 Å². The van der Waals surface area contributed by atoms with E-state index in [0.29, 0.717) is 13.0 Å². The Morgan fingerprint density at radius 1 is 1.04 bits per heavy atom. The SMILES string of the molecule is OCC1(Cc2ccc(F)cc2)CCN(c2cncc(-c3ccccc3)n2)C1. The largest absolute Gasteiger partial charge is 0.396 e. The average molecular weight is 363 g/mol. The maximum atomic E-state index is 13.2. The van der Waals surface area contributed by atoms with Gasteiger partial charge in [0.2, 0.25) is 0 Å². The third kappa shape index (κ3) is 3.83. The minimum Gasteiger partial charge on any atom is -0.396 e. The predicted octanol–water partition coefficient (Wildman–Crippen LogP) is 3.71. The van der Waals surface area contributed by atoms with Crippen LogP contribution in [0.1, 0.15) is 12.0 Å². The summed E-state index contributed by atoms with van der Waals surface area (Å²) in [5.41, 5.74) is 2.66. The molecular weight excluding hydrogens is 341 g/mol. The molecule has 0 spiro atoms. The van der Waals surface area contributed by atoms with Gasteiger partial charge in [0.15, 0.2) is 0 Å². The Balaban J connectivity index is 1.53. The van der Waals surface area contributed by atoms with Gasteiger partial charge in [-0.2, -0.15) is 0 Å². The van der Waals surface area contributed by atoms with E-state index in [-0.39, 0.29) is 17.8 Å². The molecule has 2 aromatic carbocycles. The van der Waals surface area contributed by atoms with E-state index >= 15 is 0 Å². The van der Waals surface area contributed by atoms with Crippen molar-refractivity contribution in [3.63, 3.8) is 0 Å². The highest BCUT2D eigenvalue weighted by Crippen LogP contribution is 2.36. The van der Waals surface area contributed by atoms with E-state index in [0.717, 1.165) is 35.6 Å². The molecule has 0 saturated carbocycles. The van der Waals surface area contributed by atoms with Crippen LogP contribution in [0, 0.1) is 11.2 Å². The minimum atomic E-state index is -0.248. The maximum absolute atomic E-state index is 13.2. The van der Waals surface area contributed by atoms with Gasteiger partial charge >= 0.3 is 0 Å². The summed E-state index contributed by atoms with van der Waals surface area (Å²) in [4.78, 5) is 11.3. The Hall–Kier alpha value is -2.79. The van der Waals surface area contributed by atoms with E-state index in [1.807, 2.05) is 30.3 Å². The number of halogens is 1. The van der Waals surface area contributed by atoms with Gasteiger partial charge < -0.3 is 10.0 Å². The molecule has 1 fully saturated rings. The van der Waals surface area contributed by atoms with Crippen LogP contribution in [-0.2, 0) is 6.42 Å². The number of rotatable bonds is 5. The molecule has 138 valence electrons. The summed E-state index contributed by atoms with van der Waals surface area (Å²) in [6.07, 6.45) is 5.12. The second kappa shape index (κ2) is 7.45. The molecule has 1 aromatic heterocycles. The Morgan fingerprint density at radius 2 is 1.81 bits per heavy atom. The van der Waals surface area contributed by atoms with Crippen molar-refractivity contribution in [2.45, 2.75) is 12.8 Å². The molecule has 2 heterocycles. The van der Waals surface area contributed by atoms with Crippen molar-refractivity contribution >= 4 is 5.82 Å². The molecule has 0 amide bonds. The first-order chi connectivity index (χ1) is 13.2. The van der Waals surface area contributed by atoms with Crippen molar-refractivity contribution in [3.8, 4) is 11.3 Å². The monoisotopic (exact) mass is 363 g/mol. The zero-order valence-corrected chi connectivity index (χ0v) is 15.1. The quantitative estimate of drug-likeness (QED) is 0.751. The highest BCUT2D eigenvalue weighted by molar-refractivity contribution is 5.60. The summed E-state index contributed by atoms with van der Waals surface area (Å²) in [6.45, 7) is 1.61. The van der Waals surface area contributed by atoms with E-state index in [1.54, 1.807) is 24.5 Å². The van der Waals surface area contributed by atoms with Gasteiger partial charge in [-0.15, -0.1) is 0 Å². The molecule has 1 saturated heterocycles. The van der Waals surface area contributed by atoms with Gasteiger partial charge in [-0.25, -0.2) is 9.37 Å². The van der Waals surface area contributed by atoms with Gasteiger partial charge in [0, 0.05) is 24.1 Å². The van der Waals surface area contributed by atoms with Gasteiger partial charge in [-0.05, 0) is 30.5 Å². The standard InChI is InChI=1S/C22H22FN3O/c23-19-8-6-17(7-9-19)12-22(16-27)10-11-26(15-22)21-14-24-13-20(25-21)18-4-2-1-3-5-18/h1-9,13-14,27H,10-12,15-16H2. The van der Waals surface area contributed by atoms with Crippen LogP contribution in [0.4, 0.5) is 10.2 Å². The minimum absolute atomic E-state index is 0.0900. The Morgan fingerprint density at radius 3 is 2.56 bits per heavy atom. The lowest BCUT2D eigenvalue weighted by Gasteiger charge is -2.27. The van der Waals surface area contributed by atoms with Crippen LogP contribution in [0.15, 0.2) is 67.0 Å². The normalized spacial score (nSPS) is 19.4. The molecule has 4 rings (SSSR count). The van der Waals surface area contributed by atoms with Crippen LogP contribution in [0.25, 0.3) is 11.3 Å². The third-order valence-electron chi connectivity index (χ3n) is 5.28. The van der Waals surface area contributed by atoms with Gasteiger partial charge in [-0.1, -0.05) is 42.5 Å². The van der Waals surface area contributed by atoms with Crippen molar-refractivity contribution in [2.75, 3.05) is 24.6 Å².